The molecule has 1 fully saturated rings. The van der Waals surface area contributed by atoms with Crippen LogP contribution in [0.4, 0.5) is 13.2 Å². The molecule has 0 spiro atoms. The predicted octanol–water partition coefficient (Wildman–Crippen LogP) is 5.63. The third-order valence-electron chi connectivity index (χ3n) is 5.52. The molecular formula is C24H23ClF3N3O4. The van der Waals surface area contributed by atoms with Crippen molar-refractivity contribution < 1.29 is 31.9 Å². The summed E-state index contributed by atoms with van der Waals surface area (Å²) in [5, 5.41) is 6.03. The summed E-state index contributed by atoms with van der Waals surface area (Å²) in [5.74, 6) is 0.591. The van der Waals surface area contributed by atoms with E-state index in [1.807, 2.05) is 0 Å². The molecule has 0 saturated heterocycles. The van der Waals surface area contributed by atoms with Crippen molar-refractivity contribution in [1.82, 2.24) is 15.1 Å². The summed E-state index contributed by atoms with van der Waals surface area (Å²) < 4.78 is 51.9. The number of halogens is 4. The number of carbonyl (C=O) groups is 2. The minimum atomic E-state index is -4.61. The SMILES string of the molecule is CC(=O)c1ccc(OCc2ccc(C(=O)NCCCn3nc(C(F)(F)F)c(Cl)c3C3CC3)o2)cc1. The van der Waals surface area contributed by atoms with Gasteiger partial charge in [-0.1, -0.05) is 11.6 Å². The number of hydrogen-bond donors (Lipinski definition) is 1. The Hall–Kier alpha value is -3.27. The number of carbonyl (C=O) groups excluding carboxylic acids is 2. The van der Waals surface area contributed by atoms with Gasteiger partial charge in [0.2, 0.25) is 0 Å². The lowest BCUT2D eigenvalue weighted by atomic mass is 10.1. The Bertz CT molecular complexity index is 1210. The van der Waals surface area contributed by atoms with Gasteiger partial charge in [-0.2, -0.15) is 18.3 Å². The Morgan fingerprint density at radius 2 is 1.91 bits per heavy atom. The number of amides is 1. The molecule has 4 rings (SSSR count). The lowest BCUT2D eigenvalue weighted by molar-refractivity contribution is -0.141. The zero-order valence-electron chi connectivity index (χ0n) is 18.8. The molecule has 11 heteroatoms. The average Bonchev–Trinajstić information content (AvgIpc) is 3.42. The van der Waals surface area contributed by atoms with E-state index in [1.165, 1.54) is 17.7 Å². The second kappa shape index (κ2) is 10.2. The number of benzene rings is 1. The molecule has 1 aromatic carbocycles. The molecule has 186 valence electrons. The molecule has 1 aliphatic rings. The Kier molecular flexibility index (Phi) is 7.20. The zero-order valence-corrected chi connectivity index (χ0v) is 19.6. The van der Waals surface area contributed by atoms with Gasteiger partial charge in [0, 0.05) is 24.6 Å². The molecule has 1 aliphatic carbocycles. The Morgan fingerprint density at radius 3 is 2.54 bits per heavy atom. The van der Waals surface area contributed by atoms with Gasteiger partial charge in [0.25, 0.3) is 5.91 Å². The fourth-order valence-electron chi connectivity index (χ4n) is 3.59. The van der Waals surface area contributed by atoms with Gasteiger partial charge in [0.15, 0.2) is 17.2 Å². The summed E-state index contributed by atoms with van der Waals surface area (Å²) in [6.45, 7) is 1.99. The van der Waals surface area contributed by atoms with Gasteiger partial charge in [-0.25, -0.2) is 0 Å². The minimum absolute atomic E-state index is 0.00322. The maximum absolute atomic E-state index is 13.2. The average molecular weight is 510 g/mol. The molecule has 0 aliphatic heterocycles. The number of rotatable bonds is 10. The first-order valence-electron chi connectivity index (χ1n) is 11.1. The third kappa shape index (κ3) is 6.05. The highest BCUT2D eigenvalue weighted by molar-refractivity contribution is 6.32. The monoisotopic (exact) mass is 509 g/mol. The second-order valence-electron chi connectivity index (χ2n) is 8.29. The van der Waals surface area contributed by atoms with Crippen LogP contribution < -0.4 is 10.1 Å². The highest BCUT2D eigenvalue weighted by atomic mass is 35.5. The molecule has 3 aromatic rings. The van der Waals surface area contributed by atoms with Crippen LogP contribution in [0.1, 0.15) is 70.2 Å². The van der Waals surface area contributed by atoms with E-state index in [-0.39, 0.29) is 42.2 Å². The third-order valence-corrected chi connectivity index (χ3v) is 5.90. The number of alkyl halides is 3. The van der Waals surface area contributed by atoms with Crippen LogP contribution in [-0.4, -0.2) is 28.0 Å². The van der Waals surface area contributed by atoms with Crippen LogP contribution in [0.5, 0.6) is 5.75 Å². The molecule has 0 atom stereocenters. The molecule has 1 saturated carbocycles. The van der Waals surface area contributed by atoms with Crippen molar-refractivity contribution in [3.05, 3.63) is 69.9 Å². The second-order valence-corrected chi connectivity index (χ2v) is 8.67. The van der Waals surface area contributed by atoms with E-state index in [4.69, 9.17) is 20.8 Å². The number of nitrogens with zero attached hydrogens (tertiary/aromatic N) is 2. The summed E-state index contributed by atoms with van der Waals surface area (Å²) in [5.41, 5.74) is -0.0725. The fourth-order valence-corrected chi connectivity index (χ4v) is 3.98. The van der Waals surface area contributed by atoms with Crippen molar-refractivity contribution in [3.8, 4) is 5.75 Å². The zero-order chi connectivity index (χ0) is 25.2. The topological polar surface area (TPSA) is 86.4 Å². The van der Waals surface area contributed by atoms with E-state index >= 15 is 0 Å². The number of hydrogen-bond acceptors (Lipinski definition) is 5. The van der Waals surface area contributed by atoms with Gasteiger partial charge < -0.3 is 14.5 Å². The molecule has 2 heterocycles. The van der Waals surface area contributed by atoms with Crippen molar-refractivity contribution in [1.29, 1.82) is 0 Å². The first kappa shape index (κ1) is 24.8. The van der Waals surface area contributed by atoms with Crippen LogP contribution in [0.25, 0.3) is 0 Å². The van der Waals surface area contributed by atoms with E-state index in [9.17, 15) is 22.8 Å². The van der Waals surface area contributed by atoms with Crippen molar-refractivity contribution in [2.24, 2.45) is 0 Å². The van der Waals surface area contributed by atoms with Crippen molar-refractivity contribution in [3.63, 3.8) is 0 Å². The summed E-state index contributed by atoms with van der Waals surface area (Å²) >= 11 is 5.97. The minimum Gasteiger partial charge on any atom is -0.486 e. The van der Waals surface area contributed by atoms with E-state index in [0.717, 1.165) is 12.8 Å². The van der Waals surface area contributed by atoms with Crippen LogP contribution in [0.15, 0.2) is 40.8 Å². The van der Waals surface area contributed by atoms with Crippen LogP contribution >= 0.6 is 11.6 Å². The summed E-state index contributed by atoms with van der Waals surface area (Å²) in [4.78, 5) is 23.7. The Labute approximate surface area is 204 Å². The molecule has 0 radical (unpaired) electrons. The fraction of sp³-hybridized carbons (Fsp3) is 0.375. The number of aromatic nitrogens is 2. The van der Waals surface area contributed by atoms with Gasteiger partial charge in [0.05, 0.1) is 10.7 Å². The highest BCUT2D eigenvalue weighted by Gasteiger charge is 2.41. The quantitative estimate of drug-likeness (QED) is 0.283. The van der Waals surface area contributed by atoms with Crippen LogP contribution in [0, 0.1) is 0 Å². The van der Waals surface area contributed by atoms with Crippen molar-refractivity contribution in [2.75, 3.05) is 6.54 Å². The summed E-state index contributed by atoms with van der Waals surface area (Å²) in [6.07, 6.45) is -2.67. The molecule has 35 heavy (non-hydrogen) atoms. The van der Waals surface area contributed by atoms with Gasteiger partial charge in [-0.3, -0.25) is 14.3 Å². The first-order chi connectivity index (χ1) is 16.6. The lowest BCUT2D eigenvalue weighted by Gasteiger charge is -2.08. The van der Waals surface area contributed by atoms with Crippen molar-refractivity contribution >= 4 is 23.3 Å². The molecule has 0 bridgehead atoms. The van der Waals surface area contributed by atoms with Crippen LogP contribution in [-0.2, 0) is 19.3 Å². The van der Waals surface area contributed by atoms with Gasteiger partial charge in [0.1, 0.15) is 18.1 Å². The summed E-state index contributed by atoms with van der Waals surface area (Å²) in [6, 6.07) is 9.80. The number of nitrogens with one attached hydrogen (secondary N) is 1. The predicted molar refractivity (Wildman–Crippen MR) is 121 cm³/mol. The Balaban J connectivity index is 1.26. The smallest absolute Gasteiger partial charge is 0.436 e. The number of furan rings is 1. The maximum Gasteiger partial charge on any atom is 0.436 e. The number of ether oxygens (including phenoxy) is 1. The normalized spacial score (nSPS) is 13.6. The molecule has 7 nitrogen and oxygen atoms in total. The molecular weight excluding hydrogens is 487 g/mol. The molecule has 2 aromatic heterocycles. The van der Waals surface area contributed by atoms with Gasteiger partial charge in [-0.05, 0) is 62.6 Å². The molecule has 1 N–H and O–H groups in total. The van der Waals surface area contributed by atoms with E-state index < -0.39 is 17.8 Å². The first-order valence-corrected chi connectivity index (χ1v) is 11.5. The summed E-state index contributed by atoms with van der Waals surface area (Å²) in [7, 11) is 0. The van der Waals surface area contributed by atoms with Crippen LogP contribution in [0.3, 0.4) is 0 Å². The number of Topliss-reactive ketones (excluding diaryl/α,β-unsaturated/α-hetero) is 1. The molecule has 1 amide bonds. The van der Waals surface area contributed by atoms with E-state index in [1.54, 1.807) is 30.3 Å². The highest BCUT2D eigenvalue weighted by Crippen LogP contribution is 2.46. The Morgan fingerprint density at radius 1 is 1.20 bits per heavy atom. The maximum atomic E-state index is 13.2. The largest absolute Gasteiger partial charge is 0.486 e. The van der Waals surface area contributed by atoms with Gasteiger partial charge >= 0.3 is 6.18 Å². The van der Waals surface area contributed by atoms with Gasteiger partial charge in [-0.15, -0.1) is 0 Å². The van der Waals surface area contributed by atoms with Crippen molar-refractivity contribution in [2.45, 2.75) is 51.4 Å². The lowest BCUT2D eigenvalue weighted by Crippen LogP contribution is -2.25. The number of aryl methyl sites for hydroxylation is 1. The standard InChI is InChI=1S/C24H23ClF3N3O4/c1-14(32)15-5-7-17(8-6-15)34-13-18-9-10-19(35-18)23(33)29-11-2-12-31-21(16-3-4-16)20(25)22(30-31)24(26,27)28/h5-10,16H,2-4,11-13H2,1H3,(H,29,33). The van der Waals surface area contributed by atoms with Crippen LogP contribution in [0.2, 0.25) is 5.02 Å². The van der Waals surface area contributed by atoms with E-state index in [0.29, 0.717) is 29.2 Å². The number of ketones is 1. The molecule has 0 unspecified atom stereocenters. The van der Waals surface area contributed by atoms with E-state index in [2.05, 4.69) is 10.4 Å².